The van der Waals surface area contributed by atoms with Crippen LogP contribution in [0.5, 0.6) is 0 Å². The fourth-order valence-corrected chi connectivity index (χ4v) is 4.01. The van der Waals surface area contributed by atoms with E-state index in [0.29, 0.717) is 0 Å². The maximum atomic E-state index is 4.71. The van der Waals surface area contributed by atoms with Crippen molar-refractivity contribution in [1.29, 1.82) is 0 Å². The second-order valence-electron chi connectivity index (χ2n) is 6.35. The van der Waals surface area contributed by atoms with Gasteiger partial charge in [-0.2, -0.15) is 0 Å². The zero-order valence-corrected chi connectivity index (χ0v) is 13.0. The highest BCUT2D eigenvalue weighted by Crippen LogP contribution is 2.34. The molecule has 2 nitrogen and oxygen atoms in total. The van der Waals surface area contributed by atoms with E-state index in [-0.39, 0.29) is 0 Å². The molecule has 0 unspecified atom stereocenters. The molecule has 0 bridgehead atoms. The van der Waals surface area contributed by atoms with E-state index in [1.807, 2.05) is 12.3 Å². The average molecular weight is 298 g/mol. The molecular weight excluding hydrogens is 280 g/mol. The summed E-state index contributed by atoms with van der Waals surface area (Å²) < 4.78 is 2.36. The first-order valence-electron chi connectivity index (χ1n) is 8.39. The predicted molar refractivity (Wildman–Crippen MR) is 95.2 cm³/mol. The predicted octanol–water partition coefficient (Wildman–Crippen LogP) is 5.06. The van der Waals surface area contributed by atoms with Crippen molar-refractivity contribution in [3.63, 3.8) is 0 Å². The molecule has 2 heterocycles. The third-order valence-electron chi connectivity index (χ3n) is 5.05. The number of fused-ring (bicyclic) bond motifs is 4. The van der Waals surface area contributed by atoms with E-state index in [1.54, 1.807) is 0 Å². The molecule has 2 aromatic heterocycles. The molecule has 1 aliphatic carbocycles. The number of pyridine rings is 1. The summed E-state index contributed by atoms with van der Waals surface area (Å²) in [6.07, 6.45) is 6.86. The molecule has 0 radical (unpaired) electrons. The van der Waals surface area contributed by atoms with Crippen LogP contribution < -0.4 is 0 Å². The van der Waals surface area contributed by atoms with Crippen LogP contribution in [0.3, 0.4) is 0 Å². The quantitative estimate of drug-likeness (QED) is 0.480. The molecule has 0 saturated heterocycles. The molecule has 0 N–H and O–H groups in total. The molecular formula is C21H18N2. The van der Waals surface area contributed by atoms with E-state index in [2.05, 4.69) is 53.1 Å². The molecule has 5 rings (SSSR count). The van der Waals surface area contributed by atoms with Gasteiger partial charge in [-0.3, -0.25) is 4.57 Å². The van der Waals surface area contributed by atoms with Crippen molar-refractivity contribution in [2.45, 2.75) is 25.7 Å². The maximum absolute atomic E-state index is 4.71. The van der Waals surface area contributed by atoms with Gasteiger partial charge in [0.05, 0.1) is 11.2 Å². The lowest BCUT2D eigenvalue weighted by atomic mass is 9.90. The lowest BCUT2D eigenvalue weighted by Crippen LogP contribution is -2.08. The van der Waals surface area contributed by atoms with E-state index in [0.717, 1.165) is 5.65 Å². The van der Waals surface area contributed by atoms with Gasteiger partial charge in [0.25, 0.3) is 0 Å². The van der Waals surface area contributed by atoms with Gasteiger partial charge >= 0.3 is 0 Å². The van der Waals surface area contributed by atoms with Crippen molar-refractivity contribution < 1.29 is 0 Å². The molecule has 0 fully saturated rings. The minimum atomic E-state index is 1.06. The van der Waals surface area contributed by atoms with Crippen LogP contribution in [0.25, 0.3) is 27.6 Å². The molecule has 2 heteroatoms. The Hall–Kier alpha value is -2.61. The van der Waals surface area contributed by atoms with E-state index < -0.39 is 0 Å². The molecule has 0 saturated carbocycles. The van der Waals surface area contributed by atoms with Gasteiger partial charge in [-0.05, 0) is 61.1 Å². The van der Waals surface area contributed by atoms with E-state index in [4.69, 9.17) is 4.98 Å². The number of hydrogen-bond acceptors (Lipinski definition) is 1. The van der Waals surface area contributed by atoms with Crippen LogP contribution in [0, 0.1) is 0 Å². The topological polar surface area (TPSA) is 17.8 Å². The Balaban J connectivity index is 1.93. The van der Waals surface area contributed by atoms with Gasteiger partial charge in [-0.1, -0.05) is 30.3 Å². The molecule has 0 amide bonds. The smallest absolute Gasteiger partial charge is 0.145 e. The Morgan fingerprint density at radius 2 is 1.65 bits per heavy atom. The highest BCUT2D eigenvalue weighted by molar-refractivity contribution is 6.07. The van der Waals surface area contributed by atoms with Gasteiger partial charge in [-0.15, -0.1) is 0 Å². The molecule has 0 atom stereocenters. The monoisotopic (exact) mass is 298 g/mol. The van der Waals surface area contributed by atoms with Crippen molar-refractivity contribution in [1.82, 2.24) is 9.55 Å². The molecule has 1 aliphatic rings. The summed E-state index contributed by atoms with van der Waals surface area (Å²) >= 11 is 0. The summed E-state index contributed by atoms with van der Waals surface area (Å²) in [5.74, 6) is 0. The maximum Gasteiger partial charge on any atom is 0.145 e. The number of benzene rings is 2. The Bertz CT molecular complexity index is 973. The van der Waals surface area contributed by atoms with E-state index >= 15 is 0 Å². The first kappa shape index (κ1) is 12.9. The van der Waals surface area contributed by atoms with Gasteiger partial charge in [0.2, 0.25) is 0 Å². The van der Waals surface area contributed by atoms with Crippen LogP contribution in [-0.4, -0.2) is 9.55 Å². The largest absolute Gasteiger partial charge is 0.294 e. The number of aromatic nitrogens is 2. The second kappa shape index (κ2) is 4.95. The summed E-state index contributed by atoms with van der Waals surface area (Å²) in [5.41, 5.74) is 6.64. The first-order chi connectivity index (χ1) is 11.4. The van der Waals surface area contributed by atoms with Crippen molar-refractivity contribution in [3.8, 4) is 5.69 Å². The van der Waals surface area contributed by atoms with Crippen LogP contribution in [-0.2, 0) is 12.8 Å². The molecule has 4 aromatic rings. The van der Waals surface area contributed by atoms with Crippen LogP contribution in [0.1, 0.15) is 24.0 Å². The molecule has 23 heavy (non-hydrogen) atoms. The standard InChI is InChI=1S/C21H18N2/c1-2-9-16-15(7-1)8-5-13-19(16)23-20-12-4-3-10-17(20)18-11-6-14-22-21(18)23/h3-6,8,10-14H,1-2,7,9H2. The lowest BCUT2D eigenvalue weighted by molar-refractivity contribution is 0.682. The number of aryl methyl sites for hydroxylation is 1. The van der Waals surface area contributed by atoms with Crippen LogP contribution in [0.15, 0.2) is 60.8 Å². The minimum absolute atomic E-state index is 1.06. The normalized spacial score (nSPS) is 14.3. The SMILES string of the molecule is c1cc2c(c(-n3c4ccccc4c4cccnc43)c1)CCCC2. The average Bonchev–Trinajstić information content (AvgIpc) is 2.96. The van der Waals surface area contributed by atoms with Crippen molar-refractivity contribution >= 4 is 21.9 Å². The number of nitrogens with zero attached hydrogens (tertiary/aromatic N) is 2. The molecule has 2 aromatic carbocycles. The fraction of sp³-hybridized carbons (Fsp3) is 0.190. The number of hydrogen-bond donors (Lipinski definition) is 0. The van der Waals surface area contributed by atoms with Crippen molar-refractivity contribution in [2.24, 2.45) is 0 Å². The van der Waals surface area contributed by atoms with Crippen LogP contribution in [0.2, 0.25) is 0 Å². The highest BCUT2D eigenvalue weighted by Gasteiger charge is 2.18. The Labute approximate surface area is 135 Å². The fourth-order valence-electron chi connectivity index (χ4n) is 4.01. The summed E-state index contributed by atoms with van der Waals surface area (Å²) in [4.78, 5) is 4.71. The molecule has 0 aliphatic heterocycles. The second-order valence-corrected chi connectivity index (χ2v) is 6.35. The summed E-state index contributed by atoms with van der Waals surface area (Å²) in [7, 11) is 0. The van der Waals surface area contributed by atoms with Crippen LogP contribution in [0.4, 0.5) is 0 Å². The number of rotatable bonds is 1. The first-order valence-corrected chi connectivity index (χ1v) is 8.39. The van der Waals surface area contributed by atoms with E-state index in [1.165, 1.54) is 58.8 Å². The Kier molecular flexibility index (Phi) is 2.77. The van der Waals surface area contributed by atoms with Gasteiger partial charge in [0, 0.05) is 17.0 Å². The summed E-state index contributed by atoms with van der Waals surface area (Å²) in [6, 6.07) is 19.6. The van der Waals surface area contributed by atoms with E-state index in [9.17, 15) is 0 Å². The van der Waals surface area contributed by atoms with Crippen LogP contribution >= 0.6 is 0 Å². The van der Waals surface area contributed by atoms with Gasteiger partial charge < -0.3 is 0 Å². The lowest BCUT2D eigenvalue weighted by Gasteiger charge is -2.20. The Morgan fingerprint density at radius 1 is 0.783 bits per heavy atom. The van der Waals surface area contributed by atoms with Crippen molar-refractivity contribution in [3.05, 3.63) is 71.9 Å². The van der Waals surface area contributed by atoms with Crippen molar-refractivity contribution in [2.75, 3.05) is 0 Å². The number of para-hydroxylation sites is 1. The van der Waals surface area contributed by atoms with Gasteiger partial charge in [0.15, 0.2) is 0 Å². The minimum Gasteiger partial charge on any atom is -0.294 e. The van der Waals surface area contributed by atoms with Gasteiger partial charge in [-0.25, -0.2) is 4.98 Å². The Morgan fingerprint density at radius 3 is 2.65 bits per heavy atom. The van der Waals surface area contributed by atoms with Gasteiger partial charge in [0.1, 0.15) is 5.65 Å². The summed E-state index contributed by atoms with van der Waals surface area (Å²) in [6.45, 7) is 0. The third-order valence-corrected chi connectivity index (χ3v) is 5.05. The molecule has 112 valence electrons. The zero-order chi connectivity index (χ0) is 15.2. The highest BCUT2D eigenvalue weighted by atomic mass is 15.0. The zero-order valence-electron chi connectivity index (χ0n) is 13.0. The third kappa shape index (κ3) is 1.84. The summed E-state index contributed by atoms with van der Waals surface area (Å²) in [5, 5.41) is 2.51. The molecule has 0 spiro atoms.